The van der Waals surface area contributed by atoms with Crippen molar-refractivity contribution in [3.63, 3.8) is 0 Å². The SMILES string of the molecule is O=C([C@@H]1Cc2ccccc2N1)N1CCCc2ccccc21. The topological polar surface area (TPSA) is 32.3 Å². The minimum Gasteiger partial charge on any atom is -0.373 e. The summed E-state index contributed by atoms with van der Waals surface area (Å²) in [6, 6.07) is 16.3. The molecule has 21 heavy (non-hydrogen) atoms. The largest absolute Gasteiger partial charge is 0.373 e. The van der Waals surface area contributed by atoms with Crippen molar-refractivity contribution in [3.8, 4) is 0 Å². The van der Waals surface area contributed by atoms with Crippen LogP contribution in [-0.2, 0) is 17.6 Å². The number of anilines is 2. The molecule has 0 saturated carbocycles. The van der Waals surface area contributed by atoms with E-state index in [0.29, 0.717) is 0 Å². The first-order valence-electron chi connectivity index (χ1n) is 7.56. The Labute approximate surface area is 124 Å². The molecular weight excluding hydrogens is 260 g/mol. The molecule has 0 aliphatic carbocycles. The van der Waals surface area contributed by atoms with Crippen LogP contribution in [0.2, 0.25) is 0 Å². The van der Waals surface area contributed by atoms with Crippen molar-refractivity contribution in [3.05, 3.63) is 59.7 Å². The Bertz CT molecular complexity index is 670. The van der Waals surface area contributed by atoms with Crippen LogP contribution in [0.3, 0.4) is 0 Å². The monoisotopic (exact) mass is 278 g/mol. The van der Waals surface area contributed by atoms with Gasteiger partial charge in [-0.3, -0.25) is 4.79 Å². The van der Waals surface area contributed by atoms with Crippen molar-refractivity contribution in [2.45, 2.75) is 25.3 Å². The zero-order valence-electron chi connectivity index (χ0n) is 11.9. The molecule has 2 aromatic carbocycles. The van der Waals surface area contributed by atoms with E-state index in [4.69, 9.17) is 0 Å². The lowest BCUT2D eigenvalue weighted by Crippen LogP contribution is -2.44. The molecule has 0 spiro atoms. The normalized spacial score (nSPS) is 19.6. The standard InChI is InChI=1S/C18H18N2O/c21-18(16-12-14-7-1-3-9-15(14)19-16)20-11-5-8-13-6-2-4-10-17(13)20/h1-4,6-7,9-10,16,19H,5,8,11-12H2/t16-/m0/s1. The van der Waals surface area contributed by atoms with Crippen molar-refractivity contribution in [1.82, 2.24) is 0 Å². The second-order valence-corrected chi connectivity index (χ2v) is 5.78. The summed E-state index contributed by atoms with van der Waals surface area (Å²) in [6.45, 7) is 0.824. The highest BCUT2D eigenvalue weighted by Crippen LogP contribution is 2.31. The van der Waals surface area contributed by atoms with Gasteiger partial charge >= 0.3 is 0 Å². The zero-order chi connectivity index (χ0) is 14.2. The summed E-state index contributed by atoms with van der Waals surface area (Å²) in [5, 5.41) is 3.37. The first-order chi connectivity index (χ1) is 10.3. The number of amides is 1. The molecule has 0 saturated heterocycles. The summed E-state index contributed by atoms with van der Waals surface area (Å²) in [6.07, 6.45) is 2.90. The molecule has 2 aliphatic heterocycles. The van der Waals surface area contributed by atoms with Crippen LogP contribution >= 0.6 is 0 Å². The number of rotatable bonds is 1. The van der Waals surface area contributed by atoms with Crippen LogP contribution in [0.4, 0.5) is 11.4 Å². The van der Waals surface area contributed by atoms with E-state index < -0.39 is 0 Å². The third-order valence-corrected chi connectivity index (χ3v) is 4.45. The van der Waals surface area contributed by atoms with Crippen molar-refractivity contribution in [2.75, 3.05) is 16.8 Å². The predicted molar refractivity (Wildman–Crippen MR) is 84.7 cm³/mol. The van der Waals surface area contributed by atoms with Gasteiger partial charge in [0, 0.05) is 24.3 Å². The summed E-state index contributed by atoms with van der Waals surface area (Å²) in [5.74, 6) is 0.193. The first-order valence-corrected chi connectivity index (χ1v) is 7.56. The van der Waals surface area contributed by atoms with Gasteiger partial charge in [-0.15, -0.1) is 0 Å². The molecule has 3 nitrogen and oxygen atoms in total. The first kappa shape index (κ1) is 12.5. The molecule has 2 heterocycles. The third-order valence-electron chi connectivity index (χ3n) is 4.45. The molecular formula is C18H18N2O. The second-order valence-electron chi connectivity index (χ2n) is 5.78. The van der Waals surface area contributed by atoms with Gasteiger partial charge in [0.05, 0.1) is 0 Å². The summed E-state index contributed by atoms with van der Waals surface area (Å²) in [5.41, 5.74) is 4.71. The van der Waals surface area contributed by atoms with Crippen LogP contribution in [-0.4, -0.2) is 18.5 Å². The van der Waals surface area contributed by atoms with Crippen LogP contribution in [0.1, 0.15) is 17.5 Å². The molecule has 1 N–H and O–H groups in total. The Morgan fingerprint density at radius 2 is 1.81 bits per heavy atom. The van der Waals surface area contributed by atoms with Crippen molar-refractivity contribution in [2.24, 2.45) is 0 Å². The summed E-state index contributed by atoms with van der Waals surface area (Å²) in [4.78, 5) is 14.9. The highest BCUT2D eigenvalue weighted by Gasteiger charge is 2.32. The molecule has 1 atom stereocenters. The number of carbonyl (C=O) groups excluding carboxylic acids is 1. The number of nitrogens with zero attached hydrogens (tertiary/aromatic N) is 1. The van der Waals surface area contributed by atoms with E-state index in [2.05, 4.69) is 29.6 Å². The summed E-state index contributed by atoms with van der Waals surface area (Å²) < 4.78 is 0. The molecule has 1 amide bonds. The number of para-hydroxylation sites is 2. The average Bonchev–Trinajstić information content (AvgIpc) is 2.97. The number of aryl methyl sites for hydroxylation is 1. The highest BCUT2D eigenvalue weighted by molar-refractivity contribution is 6.00. The summed E-state index contributed by atoms with van der Waals surface area (Å²) in [7, 11) is 0. The van der Waals surface area contributed by atoms with Gasteiger partial charge in [0.1, 0.15) is 6.04 Å². The molecule has 2 aliphatic rings. The van der Waals surface area contributed by atoms with Gasteiger partial charge in [-0.05, 0) is 36.1 Å². The van der Waals surface area contributed by atoms with Gasteiger partial charge in [-0.25, -0.2) is 0 Å². The second kappa shape index (κ2) is 4.92. The van der Waals surface area contributed by atoms with Gasteiger partial charge in [-0.1, -0.05) is 36.4 Å². The fourth-order valence-electron chi connectivity index (χ4n) is 3.40. The molecule has 4 rings (SSSR count). The molecule has 0 aromatic heterocycles. The minimum absolute atomic E-state index is 0.131. The zero-order valence-corrected chi connectivity index (χ0v) is 11.9. The van der Waals surface area contributed by atoms with Crippen LogP contribution < -0.4 is 10.2 Å². The van der Waals surface area contributed by atoms with Gasteiger partial charge in [0.15, 0.2) is 0 Å². The Morgan fingerprint density at radius 3 is 2.67 bits per heavy atom. The van der Waals surface area contributed by atoms with Crippen molar-refractivity contribution in [1.29, 1.82) is 0 Å². The van der Waals surface area contributed by atoms with E-state index >= 15 is 0 Å². The number of hydrogen-bond donors (Lipinski definition) is 1. The number of benzene rings is 2. The van der Waals surface area contributed by atoms with Crippen LogP contribution in [0, 0.1) is 0 Å². The van der Waals surface area contributed by atoms with E-state index in [0.717, 1.165) is 37.2 Å². The molecule has 0 bridgehead atoms. The number of nitrogens with one attached hydrogen (secondary N) is 1. The Hall–Kier alpha value is -2.29. The van der Waals surface area contributed by atoms with Gasteiger partial charge < -0.3 is 10.2 Å². The van der Waals surface area contributed by atoms with Gasteiger partial charge in [0.2, 0.25) is 5.91 Å². The highest BCUT2D eigenvalue weighted by atomic mass is 16.2. The smallest absolute Gasteiger partial charge is 0.249 e. The minimum atomic E-state index is -0.131. The van der Waals surface area contributed by atoms with E-state index in [1.807, 2.05) is 29.2 Å². The number of carbonyl (C=O) groups is 1. The van der Waals surface area contributed by atoms with E-state index in [-0.39, 0.29) is 11.9 Å². The van der Waals surface area contributed by atoms with E-state index in [9.17, 15) is 4.79 Å². The molecule has 106 valence electrons. The predicted octanol–water partition coefficient (Wildman–Crippen LogP) is 3.00. The maximum atomic E-state index is 12.9. The third kappa shape index (κ3) is 2.09. The Kier molecular flexibility index (Phi) is 2.92. The number of hydrogen-bond acceptors (Lipinski definition) is 2. The maximum absolute atomic E-state index is 12.9. The Balaban J connectivity index is 1.60. The maximum Gasteiger partial charge on any atom is 0.249 e. The fraction of sp³-hybridized carbons (Fsp3) is 0.278. The van der Waals surface area contributed by atoms with Crippen LogP contribution in [0.25, 0.3) is 0 Å². The molecule has 0 fully saturated rings. The van der Waals surface area contributed by atoms with Gasteiger partial charge in [-0.2, -0.15) is 0 Å². The molecule has 0 unspecified atom stereocenters. The lowest BCUT2D eigenvalue weighted by molar-refractivity contribution is -0.119. The lowest BCUT2D eigenvalue weighted by Gasteiger charge is -2.31. The van der Waals surface area contributed by atoms with Crippen LogP contribution in [0.15, 0.2) is 48.5 Å². The quantitative estimate of drug-likeness (QED) is 0.869. The van der Waals surface area contributed by atoms with E-state index in [1.165, 1.54) is 11.1 Å². The Morgan fingerprint density at radius 1 is 1.05 bits per heavy atom. The molecule has 0 radical (unpaired) electrons. The fourth-order valence-corrected chi connectivity index (χ4v) is 3.40. The van der Waals surface area contributed by atoms with E-state index in [1.54, 1.807) is 0 Å². The lowest BCUT2D eigenvalue weighted by atomic mass is 10.0. The van der Waals surface area contributed by atoms with Crippen LogP contribution in [0.5, 0.6) is 0 Å². The number of fused-ring (bicyclic) bond motifs is 2. The van der Waals surface area contributed by atoms with Crippen molar-refractivity contribution < 1.29 is 4.79 Å². The van der Waals surface area contributed by atoms with Gasteiger partial charge in [0.25, 0.3) is 0 Å². The molecule has 2 aromatic rings. The summed E-state index contributed by atoms with van der Waals surface area (Å²) >= 11 is 0. The average molecular weight is 278 g/mol. The van der Waals surface area contributed by atoms with Crippen molar-refractivity contribution >= 4 is 17.3 Å². The molecule has 3 heteroatoms.